The van der Waals surface area contributed by atoms with E-state index in [1.807, 2.05) is 6.92 Å². The minimum atomic E-state index is -0.622. The van der Waals surface area contributed by atoms with E-state index in [1.54, 1.807) is 0 Å². The molecule has 0 bridgehead atoms. The zero-order valence-corrected chi connectivity index (χ0v) is 11.7. The maximum absolute atomic E-state index is 11.3. The number of nitrogens with zero attached hydrogens (tertiary/aromatic N) is 1. The van der Waals surface area contributed by atoms with Crippen molar-refractivity contribution in [3.8, 4) is 0 Å². The molecule has 0 radical (unpaired) electrons. The van der Waals surface area contributed by atoms with Crippen LogP contribution >= 0.6 is 0 Å². The molecule has 0 saturated carbocycles. The molecule has 1 aliphatic rings. The van der Waals surface area contributed by atoms with Crippen molar-refractivity contribution in [3.05, 3.63) is 0 Å². The van der Waals surface area contributed by atoms with Gasteiger partial charge in [-0.3, -0.25) is 4.21 Å². The fraction of sp³-hybridized carbons (Fsp3) is 1.00. The third-order valence-electron chi connectivity index (χ3n) is 3.50. The van der Waals surface area contributed by atoms with Crippen molar-refractivity contribution in [1.29, 1.82) is 0 Å². The molecule has 0 spiro atoms. The monoisotopic (exact) mass is 246 g/mol. The van der Waals surface area contributed by atoms with Crippen LogP contribution in [0.5, 0.6) is 0 Å². The summed E-state index contributed by atoms with van der Waals surface area (Å²) < 4.78 is 11.3. The lowest BCUT2D eigenvalue weighted by molar-refractivity contribution is 0.144. The molecular formula is C12H26N2OS. The number of hydrogen-bond acceptors (Lipinski definition) is 3. The Morgan fingerprint density at radius 2 is 2.19 bits per heavy atom. The lowest BCUT2D eigenvalue weighted by Gasteiger charge is -2.37. The SMILES string of the molecule is CCN1CCC(NCCS(=O)CC)CC1C. The van der Waals surface area contributed by atoms with Gasteiger partial charge < -0.3 is 10.2 Å². The first-order valence-corrected chi connectivity index (χ1v) is 7.98. The van der Waals surface area contributed by atoms with Crippen molar-refractivity contribution >= 4 is 10.8 Å². The Bertz CT molecular complexity index is 223. The van der Waals surface area contributed by atoms with Gasteiger partial charge in [-0.1, -0.05) is 13.8 Å². The van der Waals surface area contributed by atoms with E-state index in [1.165, 1.54) is 19.4 Å². The van der Waals surface area contributed by atoms with Crippen molar-refractivity contribution < 1.29 is 4.21 Å². The number of rotatable bonds is 6. The summed E-state index contributed by atoms with van der Waals surface area (Å²) in [7, 11) is -0.622. The molecule has 0 aromatic carbocycles. The van der Waals surface area contributed by atoms with E-state index in [0.717, 1.165) is 24.6 Å². The summed E-state index contributed by atoms with van der Waals surface area (Å²) in [5.41, 5.74) is 0. The summed E-state index contributed by atoms with van der Waals surface area (Å²) in [6.45, 7) is 9.79. The Hall–Kier alpha value is 0.0700. The zero-order chi connectivity index (χ0) is 12.0. The molecule has 3 unspecified atom stereocenters. The van der Waals surface area contributed by atoms with E-state index in [4.69, 9.17) is 0 Å². The van der Waals surface area contributed by atoms with Gasteiger partial charge in [-0.25, -0.2) is 0 Å². The molecule has 3 nitrogen and oxygen atoms in total. The van der Waals surface area contributed by atoms with E-state index in [2.05, 4.69) is 24.1 Å². The van der Waals surface area contributed by atoms with Crippen molar-refractivity contribution in [2.75, 3.05) is 31.1 Å². The molecule has 1 fully saturated rings. The second kappa shape index (κ2) is 7.41. The molecule has 1 N–H and O–H groups in total. The third-order valence-corrected chi connectivity index (χ3v) is 4.81. The molecular weight excluding hydrogens is 220 g/mol. The van der Waals surface area contributed by atoms with Crippen LogP contribution in [0.4, 0.5) is 0 Å². The second-order valence-electron chi connectivity index (χ2n) is 4.59. The normalized spacial score (nSPS) is 29.2. The van der Waals surface area contributed by atoms with E-state index < -0.39 is 10.8 Å². The van der Waals surface area contributed by atoms with Gasteiger partial charge in [-0.05, 0) is 32.9 Å². The summed E-state index contributed by atoms with van der Waals surface area (Å²) in [4.78, 5) is 2.53. The summed E-state index contributed by atoms with van der Waals surface area (Å²) in [5.74, 6) is 1.59. The first-order valence-electron chi connectivity index (χ1n) is 6.49. The Kier molecular flexibility index (Phi) is 6.54. The van der Waals surface area contributed by atoms with Crippen LogP contribution in [0.2, 0.25) is 0 Å². The van der Waals surface area contributed by atoms with Gasteiger partial charge in [-0.15, -0.1) is 0 Å². The van der Waals surface area contributed by atoms with E-state index >= 15 is 0 Å². The standard InChI is InChI=1S/C12H26N2OS/c1-4-14-8-6-12(10-11(14)3)13-7-9-16(15)5-2/h11-13H,4-10H2,1-3H3. The lowest BCUT2D eigenvalue weighted by atomic mass is 9.98. The summed E-state index contributed by atoms with van der Waals surface area (Å²) in [5, 5.41) is 3.54. The largest absolute Gasteiger partial charge is 0.313 e. The minimum Gasteiger partial charge on any atom is -0.313 e. The first kappa shape index (κ1) is 14.1. The van der Waals surface area contributed by atoms with Crippen molar-refractivity contribution in [2.24, 2.45) is 0 Å². The Balaban J connectivity index is 2.17. The van der Waals surface area contributed by atoms with E-state index in [0.29, 0.717) is 12.1 Å². The molecule has 1 rings (SSSR count). The van der Waals surface area contributed by atoms with Gasteiger partial charge in [0.05, 0.1) is 0 Å². The summed E-state index contributed by atoms with van der Waals surface area (Å²) >= 11 is 0. The van der Waals surface area contributed by atoms with Crippen LogP contribution in [0.1, 0.15) is 33.6 Å². The highest BCUT2D eigenvalue weighted by atomic mass is 32.2. The molecule has 0 aromatic rings. The van der Waals surface area contributed by atoms with Gasteiger partial charge in [0.2, 0.25) is 0 Å². The molecule has 0 aromatic heterocycles. The van der Waals surface area contributed by atoms with Crippen LogP contribution in [0, 0.1) is 0 Å². The summed E-state index contributed by atoms with van der Waals surface area (Å²) in [6, 6.07) is 1.32. The van der Waals surface area contributed by atoms with Gasteiger partial charge in [0, 0.05) is 40.9 Å². The first-order chi connectivity index (χ1) is 7.67. The van der Waals surface area contributed by atoms with Crippen LogP contribution in [-0.2, 0) is 10.8 Å². The van der Waals surface area contributed by atoms with Crippen molar-refractivity contribution in [2.45, 2.75) is 45.7 Å². The fourth-order valence-corrected chi connectivity index (χ4v) is 3.03. The van der Waals surface area contributed by atoms with Gasteiger partial charge in [0.25, 0.3) is 0 Å². The highest BCUT2D eigenvalue weighted by Gasteiger charge is 2.23. The van der Waals surface area contributed by atoms with Gasteiger partial charge in [0.1, 0.15) is 0 Å². The van der Waals surface area contributed by atoms with E-state index in [9.17, 15) is 4.21 Å². The van der Waals surface area contributed by atoms with Crippen LogP contribution in [0.3, 0.4) is 0 Å². The average molecular weight is 246 g/mol. The molecule has 96 valence electrons. The molecule has 0 aliphatic carbocycles. The third kappa shape index (κ3) is 4.52. The molecule has 1 aliphatic heterocycles. The Morgan fingerprint density at radius 3 is 2.75 bits per heavy atom. The van der Waals surface area contributed by atoms with Gasteiger partial charge in [0.15, 0.2) is 0 Å². The molecule has 1 saturated heterocycles. The van der Waals surface area contributed by atoms with Gasteiger partial charge >= 0.3 is 0 Å². The molecule has 3 atom stereocenters. The number of piperidine rings is 1. The molecule has 4 heteroatoms. The minimum absolute atomic E-state index is 0.622. The smallest absolute Gasteiger partial charge is 0.0360 e. The second-order valence-corrected chi connectivity index (χ2v) is 6.45. The van der Waals surface area contributed by atoms with Crippen molar-refractivity contribution in [1.82, 2.24) is 10.2 Å². The molecule has 16 heavy (non-hydrogen) atoms. The van der Waals surface area contributed by atoms with Crippen LogP contribution < -0.4 is 5.32 Å². The van der Waals surface area contributed by atoms with E-state index in [-0.39, 0.29) is 0 Å². The predicted molar refractivity (Wildman–Crippen MR) is 71.3 cm³/mol. The maximum Gasteiger partial charge on any atom is 0.0360 e. The number of nitrogens with one attached hydrogen (secondary N) is 1. The topological polar surface area (TPSA) is 32.3 Å². The van der Waals surface area contributed by atoms with Gasteiger partial charge in [-0.2, -0.15) is 0 Å². The van der Waals surface area contributed by atoms with Crippen LogP contribution in [-0.4, -0.2) is 52.3 Å². The molecule has 1 heterocycles. The Labute approximate surface area is 102 Å². The lowest BCUT2D eigenvalue weighted by Crippen LogP contribution is -2.47. The van der Waals surface area contributed by atoms with Crippen LogP contribution in [0.15, 0.2) is 0 Å². The Morgan fingerprint density at radius 1 is 1.44 bits per heavy atom. The zero-order valence-electron chi connectivity index (χ0n) is 10.9. The number of likely N-dealkylation sites (tertiary alicyclic amines) is 1. The molecule has 0 amide bonds. The van der Waals surface area contributed by atoms with Crippen molar-refractivity contribution in [3.63, 3.8) is 0 Å². The predicted octanol–water partition coefficient (Wildman–Crippen LogP) is 1.22. The summed E-state index contributed by atoms with van der Waals surface area (Å²) in [6.07, 6.45) is 2.46. The number of hydrogen-bond donors (Lipinski definition) is 1. The van der Waals surface area contributed by atoms with Crippen LogP contribution in [0.25, 0.3) is 0 Å². The average Bonchev–Trinajstić information content (AvgIpc) is 2.29. The quantitative estimate of drug-likeness (QED) is 0.765. The highest BCUT2D eigenvalue weighted by Crippen LogP contribution is 2.16. The highest BCUT2D eigenvalue weighted by molar-refractivity contribution is 7.84. The fourth-order valence-electron chi connectivity index (χ4n) is 2.40. The maximum atomic E-state index is 11.3.